The van der Waals surface area contributed by atoms with Gasteiger partial charge in [-0.3, -0.25) is 4.79 Å². The summed E-state index contributed by atoms with van der Waals surface area (Å²) in [7, 11) is 0. The quantitative estimate of drug-likeness (QED) is 0.265. The first-order valence-electron chi connectivity index (χ1n) is 11.1. The van der Waals surface area contributed by atoms with E-state index in [9.17, 15) is 9.59 Å². The highest BCUT2D eigenvalue weighted by Crippen LogP contribution is 2.13. The third-order valence-corrected chi connectivity index (χ3v) is 4.97. The van der Waals surface area contributed by atoms with Crippen molar-refractivity contribution in [2.24, 2.45) is 0 Å². The number of carboxylic acid groups (broad SMARTS) is 1. The van der Waals surface area contributed by atoms with Crippen molar-refractivity contribution in [1.82, 2.24) is 5.32 Å². The minimum Gasteiger partial charge on any atom is -0.480 e. The van der Waals surface area contributed by atoms with Crippen LogP contribution < -0.4 is 5.32 Å². The SMILES string of the molecule is CCCCCCCCCCCCCCCCC(=O)NC(CCC)C(=O)O. The topological polar surface area (TPSA) is 66.4 Å². The zero-order valence-corrected chi connectivity index (χ0v) is 17.4. The maximum absolute atomic E-state index is 11.8. The molecule has 0 spiro atoms. The summed E-state index contributed by atoms with van der Waals surface area (Å²) in [6, 6.07) is -0.723. The van der Waals surface area contributed by atoms with Gasteiger partial charge in [0.2, 0.25) is 5.91 Å². The first kappa shape index (κ1) is 24.9. The van der Waals surface area contributed by atoms with Crippen LogP contribution in [-0.2, 0) is 9.59 Å². The Morgan fingerprint density at radius 1 is 0.692 bits per heavy atom. The molecule has 26 heavy (non-hydrogen) atoms. The summed E-state index contributed by atoms with van der Waals surface area (Å²) in [5, 5.41) is 11.7. The number of hydrogen-bond acceptors (Lipinski definition) is 2. The van der Waals surface area contributed by atoms with Gasteiger partial charge in [-0.1, -0.05) is 104 Å². The second kappa shape index (κ2) is 18.7. The van der Waals surface area contributed by atoms with Crippen molar-refractivity contribution < 1.29 is 14.7 Å². The molecule has 0 aromatic heterocycles. The lowest BCUT2D eigenvalue weighted by Crippen LogP contribution is -2.40. The van der Waals surface area contributed by atoms with E-state index in [-0.39, 0.29) is 5.91 Å². The van der Waals surface area contributed by atoms with Gasteiger partial charge in [0.15, 0.2) is 0 Å². The Labute approximate surface area is 161 Å². The molecule has 0 aliphatic carbocycles. The average molecular weight is 370 g/mol. The second-order valence-corrected chi connectivity index (χ2v) is 7.59. The number of aliphatic carboxylic acids is 1. The molecular formula is C22H43NO3. The van der Waals surface area contributed by atoms with E-state index in [4.69, 9.17) is 5.11 Å². The van der Waals surface area contributed by atoms with Crippen molar-refractivity contribution in [1.29, 1.82) is 0 Å². The van der Waals surface area contributed by atoms with E-state index in [2.05, 4.69) is 12.2 Å². The molecule has 4 nitrogen and oxygen atoms in total. The monoisotopic (exact) mass is 369 g/mol. The Hall–Kier alpha value is -1.06. The van der Waals surface area contributed by atoms with Crippen molar-refractivity contribution in [3.05, 3.63) is 0 Å². The molecule has 0 heterocycles. The Bertz CT molecular complexity index is 344. The molecule has 0 rings (SSSR count). The zero-order chi connectivity index (χ0) is 19.5. The summed E-state index contributed by atoms with van der Waals surface area (Å²) in [5.74, 6) is -1.05. The van der Waals surface area contributed by atoms with E-state index in [1.807, 2.05) is 6.92 Å². The molecule has 0 radical (unpaired) electrons. The van der Waals surface area contributed by atoms with Gasteiger partial charge in [0.1, 0.15) is 6.04 Å². The normalized spacial score (nSPS) is 12.1. The van der Waals surface area contributed by atoms with Gasteiger partial charge in [-0.05, 0) is 12.8 Å². The first-order chi connectivity index (χ1) is 12.6. The molecule has 0 saturated carbocycles. The standard InChI is InChI=1S/C22H43NO3/c1-3-5-6-7-8-9-10-11-12-13-14-15-16-17-19-21(24)23-20(18-4-2)22(25)26/h20H,3-19H2,1-2H3,(H,23,24)(H,25,26). The van der Waals surface area contributed by atoms with E-state index >= 15 is 0 Å². The van der Waals surface area contributed by atoms with E-state index in [1.165, 1.54) is 77.0 Å². The number of carbonyl (C=O) groups is 2. The lowest BCUT2D eigenvalue weighted by Gasteiger charge is -2.13. The van der Waals surface area contributed by atoms with Crippen LogP contribution in [0.3, 0.4) is 0 Å². The molecule has 0 aromatic carbocycles. The minimum absolute atomic E-state index is 0.121. The number of rotatable bonds is 19. The molecule has 2 N–H and O–H groups in total. The summed E-state index contributed by atoms with van der Waals surface area (Å²) in [5.41, 5.74) is 0. The van der Waals surface area contributed by atoms with E-state index in [0.717, 1.165) is 19.3 Å². The highest BCUT2D eigenvalue weighted by molar-refractivity contribution is 5.83. The van der Waals surface area contributed by atoms with E-state index < -0.39 is 12.0 Å². The minimum atomic E-state index is -0.929. The van der Waals surface area contributed by atoms with Crippen molar-refractivity contribution in [3.63, 3.8) is 0 Å². The molecule has 0 saturated heterocycles. The number of amides is 1. The van der Waals surface area contributed by atoms with Crippen LogP contribution >= 0.6 is 0 Å². The summed E-state index contributed by atoms with van der Waals surface area (Å²) >= 11 is 0. The van der Waals surface area contributed by atoms with Gasteiger partial charge >= 0.3 is 5.97 Å². The number of carbonyl (C=O) groups excluding carboxylic acids is 1. The van der Waals surface area contributed by atoms with E-state index in [1.54, 1.807) is 0 Å². The lowest BCUT2D eigenvalue weighted by molar-refractivity contribution is -0.142. The zero-order valence-electron chi connectivity index (χ0n) is 17.4. The molecule has 1 unspecified atom stereocenters. The maximum Gasteiger partial charge on any atom is 0.326 e. The van der Waals surface area contributed by atoms with Crippen LogP contribution in [0.15, 0.2) is 0 Å². The highest BCUT2D eigenvalue weighted by Gasteiger charge is 2.18. The number of carboxylic acids is 1. The summed E-state index contributed by atoms with van der Waals surface area (Å²) in [6.45, 7) is 4.19. The Balaban J connectivity index is 3.35. The van der Waals surface area contributed by atoms with Gasteiger partial charge in [-0.2, -0.15) is 0 Å². The Kier molecular flexibility index (Phi) is 18.0. The second-order valence-electron chi connectivity index (χ2n) is 7.59. The summed E-state index contributed by atoms with van der Waals surface area (Å²) < 4.78 is 0. The summed E-state index contributed by atoms with van der Waals surface area (Å²) in [6.07, 6.45) is 19.8. The third-order valence-electron chi connectivity index (χ3n) is 4.97. The van der Waals surface area contributed by atoms with Gasteiger partial charge in [0, 0.05) is 6.42 Å². The fourth-order valence-electron chi connectivity index (χ4n) is 3.29. The van der Waals surface area contributed by atoms with Crippen LogP contribution in [0.25, 0.3) is 0 Å². The van der Waals surface area contributed by atoms with Gasteiger partial charge in [-0.25, -0.2) is 4.79 Å². The predicted octanol–water partition coefficient (Wildman–Crippen LogP) is 6.23. The number of hydrogen-bond donors (Lipinski definition) is 2. The molecule has 0 aliphatic rings. The Morgan fingerprint density at radius 2 is 1.12 bits per heavy atom. The van der Waals surface area contributed by atoms with Crippen LogP contribution in [0, 0.1) is 0 Å². The van der Waals surface area contributed by atoms with Crippen LogP contribution in [0.1, 0.15) is 123 Å². The largest absolute Gasteiger partial charge is 0.480 e. The number of unbranched alkanes of at least 4 members (excludes halogenated alkanes) is 13. The van der Waals surface area contributed by atoms with Crippen molar-refractivity contribution in [3.8, 4) is 0 Å². The lowest BCUT2D eigenvalue weighted by atomic mass is 10.0. The molecule has 1 atom stereocenters. The average Bonchev–Trinajstić information content (AvgIpc) is 2.61. The highest BCUT2D eigenvalue weighted by atomic mass is 16.4. The fourth-order valence-corrected chi connectivity index (χ4v) is 3.29. The van der Waals surface area contributed by atoms with Crippen LogP contribution in [0.4, 0.5) is 0 Å². The van der Waals surface area contributed by atoms with Gasteiger partial charge in [-0.15, -0.1) is 0 Å². The van der Waals surface area contributed by atoms with Gasteiger partial charge < -0.3 is 10.4 Å². The predicted molar refractivity (Wildman–Crippen MR) is 109 cm³/mol. The first-order valence-corrected chi connectivity index (χ1v) is 11.1. The smallest absolute Gasteiger partial charge is 0.326 e. The molecule has 1 amide bonds. The maximum atomic E-state index is 11.8. The molecule has 0 fully saturated rings. The molecule has 0 aliphatic heterocycles. The van der Waals surface area contributed by atoms with Crippen LogP contribution in [-0.4, -0.2) is 23.0 Å². The molecule has 4 heteroatoms. The van der Waals surface area contributed by atoms with Gasteiger partial charge in [0.05, 0.1) is 0 Å². The molecule has 0 bridgehead atoms. The van der Waals surface area contributed by atoms with Crippen LogP contribution in [0.2, 0.25) is 0 Å². The third kappa shape index (κ3) is 16.4. The van der Waals surface area contributed by atoms with Crippen molar-refractivity contribution in [2.75, 3.05) is 0 Å². The molecular weight excluding hydrogens is 326 g/mol. The van der Waals surface area contributed by atoms with Gasteiger partial charge in [0.25, 0.3) is 0 Å². The van der Waals surface area contributed by atoms with Crippen LogP contribution in [0.5, 0.6) is 0 Å². The van der Waals surface area contributed by atoms with Crippen molar-refractivity contribution >= 4 is 11.9 Å². The van der Waals surface area contributed by atoms with Crippen molar-refractivity contribution in [2.45, 2.75) is 129 Å². The van der Waals surface area contributed by atoms with E-state index in [0.29, 0.717) is 12.8 Å². The Morgan fingerprint density at radius 3 is 1.50 bits per heavy atom. The molecule has 154 valence electrons. The fraction of sp³-hybridized carbons (Fsp3) is 0.909. The number of nitrogens with one attached hydrogen (secondary N) is 1. The molecule has 0 aromatic rings. The summed E-state index contributed by atoms with van der Waals surface area (Å²) in [4.78, 5) is 22.8.